The van der Waals surface area contributed by atoms with Crippen LogP contribution in [0.5, 0.6) is 5.75 Å². The Kier molecular flexibility index (Phi) is 7.44. The standard InChI is InChI=1S/C21H26N2O6S/c1-14(2)29-17-11-9-16(10-12-17)23(30(5,26)27)13-20(24)22-19-8-6-7-18(15(19)3)21(25)28-4/h6-12,14H,13H2,1-5H3,(H,22,24). The molecular weight excluding hydrogens is 408 g/mol. The second-order valence-electron chi connectivity index (χ2n) is 6.95. The zero-order valence-electron chi connectivity index (χ0n) is 17.6. The maximum Gasteiger partial charge on any atom is 0.338 e. The van der Waals surface area contributed by atoms with Crippen LogP contribution in [0.2, 0.25) is 0 Å². The van der Waals surface area contributed by atoms with Crippen molar-refractivity contribution in [3.8, 4) is 5.75 Å². The third-order valence-corrected chi connectivity index (χ3v) is 5.34. The molecule has 1 N–H and O–H groups in total. The number of nitrogens with zero attached hydrogens (tertiary/aromatic N) is 1. The highest BCUT2D eigenvalue weighted by Gasteiger charge is 2.22. The van der Waals surface area contributed by atoms with Gasteiger partial charge in [0.1, 0.15) is 12.3 Å². The Bertz CT molecular complexity index is 1020. The number of benzene rings is 2. The number of methoxy groups -OCH3 is 1. The van der Waals surface area contributed by atoms with E-state index in [4.69, 9.17) is 9.47 Å². The summed E-state index contributed by atoms with van der Waals surface area (Å²) in [6.07, 6.45) is 1.01. The van der Waals surface area contributed by atoms with E-state index in [1.165, 1.54) is 7.11 Å². The van der Waals surface area contributed by atoms with Gasteiger partial charge in [-0.3, -0.25) is 9.10 Å². The van der Waals surface area contributed by atoms with Gasteiger partial charge in [-0.2, -0.15) is 0 Å². The van der Waals surface area contributed by atoms with Crippen molar-refractivity contribution >= 4 is 33.3 Å². The minimum Gasteiger partial charge on any atom is -0.491 e. The maximum atomic E-state index is 12.6. The molecule has 0 atom stereocenters. The fourth-order valence-corrected chi connectivity index (χ4v) is 3.64. The van der Waals surface area contributed by atoms with Crippen LogP contribution in [0.15, 0.2) is 42.5 Å². The second kappa shape index (κ2) is 9.62. The number of amides is 1. The number of anilines is 2. The molecule has 0 bridgehead atoms. The highest BCUT2D eigenvalue weighted by molar-refractivity contribution is 7.92. The summed E-state index contributed by atoms with van der Waals surface area (Å²) < 4.78 is 35.9. The number of carbonyl (C=O) groups excluding carboxylic acids is 2. The number of hydrogen-bond donors (Lipinski definition) is 1. The first-order chi connectivity index (χ1) is 14.0. The van der Waals surface area contributed by atoms with Crippen molar-refractivity contribution in [1.29, 1.82) is 0 Å². The lowest BCUT2D eigenvalue weighted by Gasteiger charge is -2.22. The highest BCUT2D eigenvalue weighted by atomic mass is 32.2. The Morgan fingerprint density at radius 3 is 2.27 bits per heavy atom. The van der Waals surface area contributed by atoms with Crippen molar-refractivity contribution in [2.75, 3.05) is 29.5 Å². The monoisotopic (exact) mass is 434 g/mol. The molecule has 0 heterocycles. The molecule has 0 saturated heterocycles. The Labute approximate surface area is 176 Å². The van der Waals surface area contributed by atoms with Gasteiger partial charge in [-0.25, -0.2) is 13.2 Å². The van der Waals surface area contributed by atoms with Gasteiger partial charge in [-0.1, -0.05) is 6.07 Å². The van der Waals surface area contributed by atoms with Crippen LogP contribution in [-0.2, 0) is 19.6 Å². The fraction of sp³-hybridized carbons (Fsp3) is 0.333. The van der Waals surface area contributed by atoms with Gasteiger partial charge in [0.2, 0.25) is 15.9 Å². The Hall–Kier alpha value is -3.07. The zero-order valence-corrected chi connectivity index (χ0v) is 18.4. The van der Waals surface area contributed by atoms with Crippen LogP contribution in [-0.4, -0.2) is 46.3 Å². The minimum atomic E-state index is -3.72. The number of carbonyl (C=O) groups is 2. The quantitative estimate of drug-likeness (QED) is 0.641. The molecule has 2 aromatic carbocycles. The molecular formula is C21H26N2O6S. The van der Waals surface area contributed by atoms with Crippen LogP contribution in [0.4, 0.5) is 11.4 Å². The first-order valence-corrected chi connectivity index (χ1v) is 11.1. The van der Waals surface area contributed by atoms with Gasteiger partial charge in [0, 0.05) is 5.69 Å². The summed E-state index contributed by atoms with van der Waals surface area (Å²) in [6, 6.07) is 11.3. The average Bonchev–Trinajstić information content (AvgIpc) is 2.66. The van der Waals surface area contributed by atoms with Crippen molar-refractivity contribution in [1.82, 2.24) is 0 Å². The Morgan fingerprint density at radius 2 is 1.73 bits per heavy atom. The molecule has 8 nitrogen and oxygen atoms in total. The number of nitrogens with one attached hydrogen (secondary N) is 1. The van der Waals surface area contributed by atoms with Crippen molar-refractivity contribution < 1.29 is 27.5 Å². The molecule has 2 rings (SSSR count). The van der Waals surface area contributed by atoms with Crippen molar-refractivity contribution in [3.63, 3.8) is 0 Å². The summed E-state index contributed by atoms with van der Waals surface area (Å²) >= 11 is 0. The van der Waals surface area contributed by atoms with E-state index in [9.17, 15) is 18.0 Å². The van der Waals surface area contributed by atoms with Crippen molar-refractivity contribution in [2.24, 2.45) is 0 Å². The van der Waals surface area contributed by atoms with Gasteiger partial charge >= 0.3 is 5.97 Å². The zero-order chi connectivity index (χ0) is 22.5. The molecule has 0 aliphatic carbocycles. The average molecular weight is 435 g/mol. The van der Waals surface area contributed by atoms with Crippen LogP contribution in [0.3, 0.4) is 0 Å². The molecule has 0 saturated carbocycles. The van der Waals surface area contributed by atoms with E-state index in [2.05, 4.69) is 5.32 Å². The lowest BCUT2D eigenvalue weighted by atomic mass is 10.1. The summed E-state index contributed by atoms with van der Waals surface area (Å²) in [5, 5.41) is 2.66. The summed E-state index contributed by atoms with van der Waals surface area (Å²) in [6.45, 7) is 5.02. The highest BCUT2D eigenvalue weighted by Crippen LogP contribution is 2.23. The summed E-state index contributed by atoms with van der Waals surface area (Å²) in [5.41, 5.74) is 1.58. The molecule has 0 unspecified atom stereocenters. The van der Waals surface area contributed by atoms with E-state index in [0.717, 1.165) is 10.6 Å². The predicted molar refractivity (Wildman–Crippen MR) is 116 cm³/mol. The van der Waals surface area contributed by atoms with E-state index in [0.29, 0.717) is 28.3 Å². The van der Waals surface area contributed by atoms with Crippen LogP contribution >= 0.6 is 0 Å². The van der Waals surface area contributed by atoms with Crippen LogP contribution in [0.1, 0.15) is 29.8 Å². The van der Waals surface area contributed by atoms with E-state index >= 15 is 0 Å². The van der Waals surface area contributed by atoms with E-state index < -0.39 is 28.4 Å². The number of ether oxygens (including phenoxy) is 2. The number of rotatable bonds is 8. The molecule has 30 heavy (non-hydrogen) atoms. The normalized spacial score (nSPS) is 11.1. The predicted octanol–water partition coefficient (Wildman–Crippen LogP) is 2.97. The van der Waals surface area contributed by atoms with Gasteiger partial charge in [0.15, 0.2) is 0 Å². The molecule has 0 radical (unpaired) electrons. The molecule has 0 aliphatic heterocycles. The molecule has 162 valence electrons. The van der Waals surface area contributed by atoms with E-state index in [1.807, 2.05) is 13.8 Å². The number of sulfonamides is 1. The maximum absolute atomic E-state index is 12.6. The van der Waals surface area contributed by atoms with Gasteiger partial charge in [-0.15, -0.1) is 0 Å². The molecule has 0 aliphatic rings. The van der Waals surface area contributed by atoms with Crippen LogP contribution in [0, 0.1) is 6.92 Å². The molecule has 9 heteroatoms. The summed E-state index contributed by atoms with van der Waals surface area (Å²) in [4.78, 5) is 24.4. The minimum absolute atomic E-state index is 0.0170. The van der Waals surface area contributed by atoms with Gasteiger partial charge in [0.25, 0.3) is 0 Å². The van der Waals surface area contributed by atoms with Gasteiger partial charge < -0.3 is 14.8 Å². The first-order valence-electron chi connectivity index (χ1n) is 9.25. The number of esters is 1. The molecule has 0 spiro atoms. The third-order valence-electron chi connectivity index (χ3n) is 4.20. The topological polar surface area (TPSA) is 102 Å². The van der Waals surface area contributed by atoms with Crippen LogP contribution in [0.25, 0.3) is 0 Å². The molecule has 0 fully saturated rings. The van der Waals surface area contributed by atoms with Crippen molar-refractivity contribution in [2.45, 2.75) is 26.9 Å². The Morgan fingerprint density at radius 1 is 1.10 bits per heavy atom. The van der Waals surface area contributed by atoms with Gasteiger partial charge in [-0.05, 0) is 62.7 Å². The van der Waals surface area contributed by atoms with Crippen molar-refractivity contribution in [3.05, 3.63) is 53.6 Å². The number of hydrogen-bond acceptors (Lipinski definition) is 6. The first kappa shape index (κ1) is 23.2. The fourth-order valence-electron chi connectivity index (χ4n) is 2.79. The second-order valence-corrected chi connectivity index (χ2v) is 8.85. The van der Waals surface area contributed by atoms with E-state index in [-0.39, 0.29) is 6.10 Å². The SMILES string of the molecule is COC(=O)c1cccc(NC(=O)CN(c2ccc(OC(C)C)cc2)S(C)(=O)=O)c1C. The summed E-state index contributed by atoms with van der Waals surface area (Å²) in [5.74, 6) is -0.472. The largest absolute Gasteiger partial charge is 0.491 e. The lowest BCUT2D eigenvalue weighted by Crippen LogP contribution is -2.37. The van der Waals surface area contributed by atoms with Gasteiger partial charge in [0.05, 0.1) is 30.7 Å². The lowest BCUT2D eigenvalue weighted by molar-refractivity contribution is -0.114. The van der Waals surface area contributed by atoms with E-state index in [1.54, 1.807) is 49.4 Å². The molecule has 0 aromatic heterocycles. The molecule has 2 aromatic rings. The van der Waals surface area contributed by atoms with Crippen LogP contribution < -0.4 is 14.4 Å². The third kappa shape index (κ3) is 5.96. The smallest absolute Gasteiger partial charge is 0.338 e. The Balaban J connectivity index is 2.22. The molecule has 1 amide bonds. The summed E-state index contributed by atoms with van der Waals surface area (Å²) in [7, 11) is -2.45.